The van der Waals surface area contributed by atoms with Crippen molar-refractivity contribution < 1.29 is 9.53 Å². The summed E-state index contributed by atoms with van der Waals surface area (Å²) in [7, 11) is 0. The van der Waals surface area contributed by atoms with Crippen LogP contribution in [0.5, 0.6) is 5.75 Å². The summed E-state index contributed by atoms with van der Waals surface area (Å²) in [6.45, 7) is 6.70. The minimum Gasteiger partial charge on any atom is -0.479 e. The third kappa shape index (κ3) is 5.09. The zero-order chi connectivity index (χ0) is 14.4. The normalized spacial score (nSPS) is 13.7. The number of benzene rings is 1. The number of hydrogen-bond acceptors (Lipinski definition) is 3. The Morgan fingerprint density at radius 2 is 2.16 bits per heavy atom. The fraction of sp³-hybridized carbons (Fsp3) is 0.500. The van der Waals surface area contributed by atoms with Gasteiger partial charge < -0.3 is 15.8 Å². The molecule has 0 spiro atoms. The first-order chi connectivity index (χ1) is 8.93. The lowest BCUT2D eigenvalue weighted by molar-refractivity contribution is -0.127. The number of amides is 1. The lowest BCUT2D eigenvalue weighted by atomic mass is 10.2. The maximum absolute atomic E-state index is 11.8. The number of aryl methyl sites for hydroxylation is 1. The molecule has 0 heterocycles. The van der Waals surface area contributed by atoms with Gasteiger partial charge >= 0.3 is 0 Å². The first kappa shape index (κ1) is 15.8. The molecular weight excluding hydrogens is 264 g/mol. The zero-order valence-corrected chi connectivity index (χ0v) is 12.3. The van der Waals surface area contributed by atoms with Gasteiger partial charge in [-0.3, -0.25) is 4.79 Å². The second-order valence-corrected chi connectivity index (χ2v) is 5.19. The van der Waals surface area contributed by atoms with Crippen LogP contribution < -0.4 is 15.8 Å². The number of nitrogens with two attached hydrogens (primary N) is 1. The van der Waals surface area contributed by atoms with Crippen molar-refractivity contribution >= 4 is 17.5 Å². The van der Waals surface area contributed by atoms with Gasteiger partial charge in [0.05, 0.1) is 5.02 Å². The maximum atomic E-state index is 11.8. The van der Waals surface area contributed by atoms with Gasteiger partial charge in [0.1, 0.15) is 5.75 Å². The van der Waals surface area contributed by atoms with Crippen LogP contribution in [0.2, 0.25) is 5.02 Å². The molecule has 106 valence electrons. The van der Waals surface area contributed by atoms with E-state index in [1.165, 1.54) is 0 Å². The highest BCUT2D eigenvalue weighted by Gasteiger charge is 2.16. The van der Waals surface area contributed by atoms with Gasteiger partial charge in [0.2, 0.25) is 0 Å². The highest BCUT2D eigenvalue weighted by molar-refractivity contribution is 6.32. The van der Waals surface area contributed by atoms with Crippen molar-refractivity contribution in [3.63, 3.8) is 0 Å². The van der Waals surface area contributed by atoms with Gasteiger partial charge in [-0.15, -0.1) is 0 Å². The van der Waals surface area contributed by atoms with Crippen LogP contribution in [0.1, 0.15) is 19.4 Å². The van der Waals surface area contributed by atoms with E-state index < -0.39 is 6.10 Å². The Balaban J connectivity index is 2.56. The van der Waals surface area contributed by atoms with Gasteiger partial charge in [0.25, 0.3) is 5.91 Å². The SMILES string of the molecule is Cc1ccc(Cl)c(OC(C)C(=O)NCC(C)CN)c1. The van der Waals surface area contributed by atoms with Crippen molar-refractivity contribution in [3.8, 4) is 5.75 Å². The maximum Gasteiger partial charge on any atom is 0.260 e. The van der Waals surface area contributed by atoms with E-state index in [9.17, 15) is 4.79 Å². The van der Waals surface area contributed by atoms with E-state index >= 15 is 0 Å². The van der Waals surface area contributed by atoms with Gasteiger partial charge in [0, 0.05) is 6.54 Å². The first-order valence-electron chi connectivity index (χ1n) is 6.34. The van der Waals surface area contributed by atoms with Crippen LogP contribution >= 0.6 is 11.6 Å². The number of halogens is 1. The number of hydrogen-bond donors (Lipinski definition) is 2. The van der Waals surface area contributed by atoms with Crippen LogP contribution in [0.25, 0.3) is 0 Å². The molecule has 3 N–H and O–H groups in total. The smallest absolute Gasteiger partial charge is 0.260 e. The van der Waals surface area contributed by atoms with Gasteiger partial charge in [0.15, 0.2) is 6.10 Å². The minimum atomic E-state index is -0.593. The molecule has 1 rings (SSSR count). The van der Waals surface area contributed by atoms with Crippen molar-refractivity contribution in [2.24, 2.45) is 11.7 Å². The summed E-state index contributed by atoms with van der Waals surface area (Å²) in [6, 6.07) is 5.46. The zero-order valence-electron chi connectivity index (χ0n) is 11.6. The Kier molecular flexibility index (Phi) is 6.12. The largest absolute Gasteiger partial charge is 0.479 e. The fourth-order valence-electron chi connectivity index (χ4n) is 1.45. The van der Waals surface area contributed by atoms with Crippen LogP contribution in [-0.2, 0) is 4.79 Å². The lowest BCUT2D eigenvalue weighted by Crippen LogP contribution is -2.39. The molecule has 2 unspecified atom stereocenters. The average Bonchev–Trinajstić information content (AvgIpc) is 2.39. The molecule has 2 atom stereocenters. The second kappa shape index (κ2) is 7.36. The number of carbonyl (C=O) groups is 1. The Morgan fingerprint density at radius 1 is 1.47 bits per heavy atom. The monoisotopic (exact) mass is 284 g/mol. The van der Waals surface area contributed by atoms with Crippen LogP contribution in [-0.4, -0.2) is 25.1 Å². The summed E-state index contributed by atoms with van der Waals surface area (Å²) < 4.78 is 5.58. The molecule has 0 saturated carbocycles. The Morgan fingerprint density at radius 3 is 2.79 bits per heavy atom. The van der Waals surface area contributed by atoms with E-state index in [-0.39, 0.29) is 11.8 Å². The molecular formula is C14H21ClN2O2. The van der Waals surface area contributed by atoms with E-state index in [4.69, 9.17) is 22.1 Å². The van der Waals surface area contributed by atoms with Crippen molar-refractivity contribution in [1.82, 2.24) is 5.32 Å². The molecule has 0 bridgehead atoms. The van der Waals surface area contributed by atoms with Crippen molar-refractivity contribution in [2.75, 3.05) is 13.1 Å². The highest BCUT2D eigenvalue weighted by Crippen LogP contribution is 2.26. The Hall–Kier alpha value is -1.26. The van der Waals surface area contributed by atoms with Gasteiger partial charge in [-0.05, 0) is 44.0 Å². The van der Waals surface area contributed by atoms with E-state index in [0.717, 1.165) is 5.56 Å². The predicted molar refractivity (Wildman–Crippen MR) is 77.5 cm³/mol. The van der Waals surface area contributed by atoms with Crippen LogP contribution in [0.3, 0.4) is 0 Å². The van der Waals surface area contributed by atoms with Gasteiger partial charge in [-0.25, -0.2) is 0 Å². The van der Waals surface area contributed by atoms with Gasteiger partial charge in [-0.2, -0.15) is 0 Å². The average molecular weight is 285 g/mol. The third-order valence-electron chi connectivity index (χ3n) is 2.79. The molecule has 19 heavy (non-hydrogen) atoms. The summed E-state index contributed by atoms with van der Waals surface area (Å²) in [5.74, 6) is 0.604. The molecule has 1 aromatic carbocycles. The predicted octanol–water partition coefficient (Wildman–Crippen LogP) is 2.13. The van der Waals surface area contributed by atoms with E-state index in [1.807, 2.05) is 26.0 Å². The second-order valence-electron chi connectivity index (χ2n) is 4.78. The molecule has 0 aromatic heterocycles. The third-order valence-corrected chi connectivity index (χ3v) is 3.10. The standard InChI is InChI=1S/C14H21ClN2O2/c1-9-4-5-12(15)13(6-9)19-11(3)14(18)17-8-10(2)7-16/h4-6,10-11H,7-8,16H2,1-3H3,(H,17,18). The number of rotatable bonds is 6. The van der Waals surface area contributed by atoms with Crippen molar-refractivity contribution in [3.05, 3.63) is 28.8 Å². The van der Waals surface area contributed by atoms with Crippen molar-refractivity contribution in [1.29, 1.82) is 0 Å². The Bertz CT molecular complexity index is 437. The molecule has 0 aliphatic carbocycles. The van der Waals surface area contributed by atoms with Crippen LogP contribution in [0.15, 0.2) is 18.2 Å². The molecule has 1 aromatic rings. The van der Waals surface area contributed by atoms with E-state index in [0.29, 0.717) is 23.9 Å². The Labute approximate surface area is 119 Å². The fourth-order valence-corrected chi connectivity index (χ4v) is 1.61. The van der Waals surface area contributed by atoms with E-state index in [1.54, 1.807) is 13.0 Å². The van der Waals surface area contributed by atoms with Crippen molar-refractivity contribution in [2.45, 2.75) is 26.9 Å². The summed E-state index contributed by atoms with van der Waals surface area (Å²) >= 11 is 6.02. The summed E-state index contributed by atoms with van der Waals surface area (Å²) in [4.78, 5) is 11.8. The summed E-state index contributed by atoms with van der Waals surface area (Å²) in [5.41, 5.74) is 6.53. The topological polar surface area (TPSA) is 64.3 Å². The molecule has 4 nitrogen and oxygen atoms in total. The minimum absolute atomic E-state index is 0.169. The molecule has 0 saturated heterocycles. The molecule has 1 amide bonds. The molecule has 0 radical (unpaired) electrons. The lowest BCUT2D eigenvalue weighted by Gasteiger charge is -2.17. The van der Waals surface area contributed by atoms with Crippen LogP contribution in [0.4, 0.5) is 0 Å². The summed E-state index contributed by atoms with van der Waals surface area (Å²) in [6.07, 6.45) is -0.593. The molecule has 0 aliphatic heterocycles. The molecule has 5 heteroatoms. The molecule has 0 aliphatic rings. The van der Waals surface area contributed by atoms with Gasteiger partial charge in [-0.1, -0.05) is 24.6 Å². The molecule has 0 fully saturated rings. The number of nitrogens with one attached hydrogen (secondary N) is 1. The van der Waals surface area contributed by atoms with Crippen LogP contribution in [0, 0.1) is 12.8 Å². The summed E-state index contributed by atoms with van der Waals surface area (Å²) in [5, 5.41) is 3.30. The quantitative estimate of drug-likeness (QED) is 0.841. The first-order valence-corrected chi connectivity index (χ1v) is 6.72. The number of ether oxygens (including phenoxy) is 1. The van der Waals surface area contributed by atoms with E-state index in [2.05, 4.69) is 5.32 Å². The number of carbonyl (C=O) groups excluding carboxylic acids is 1. The highest BCUT2D eigenvalue weighted by atomic mass is 35.5.